The average molecular weight is 465 g/mol. The standard InChI is InChI=1S/C25H28N4O5/c1-6-34-24(32)17-11-18(16-7-8-16)26-22-20(17)23(31)29(25(33)28(22)5)12-19(30)27-21-14(3)9-13(2)10-15(21)4/h9-11,16H,6-8,12H2,1-5H3,(H,27,30). The largest absolute Gasteiger partial charge is 0.462 e. The van der Waals surface area contributed by atoms with Gasteiger partial charge in [-0.2, -0.15) is 0 Å². The minimum Gasteiger partial charge on any atom is -0.462 e. The fourth-order valence-electron chi connectivity index (χ4n) is 4.30. The van der Waals surface area contributed by atoms with Crippen LogP contribution in [0, 0.1) is 20.8 Å². The van der Waals surface area contributed by atoms with Gasteiger partial charge >= 0.3 is 11.7 Å². The van der Waals surface area contributed by atoms with Crippen molar-refractivity contribution in [1.82, 2.24) is 14.1 Å². The molecule has 0 spiro atoms. The Morgan fingerprint density at radius 3 is 2.35 bits per heavy atom. The molecule has 1 N–H and O–H groups in total. The normalized spacial score (nSPS) is 13.2. The van der Waals surface area contributed by atoms with Gasteiger partial charge in [0.25, 0.3) is 5.56 Å². The summed E-state index contributed by atoms with van der Waals surface area (Å²) in [7, 11) is 1.48. The molecule has 34 heavy (non-hydrogen) atoms. The summed E-state index contributed by atoms with van der Waals surface area (Å²) in [5.74, 6) is -0.981. The molecule has 178 valence electrons. The molecule has 0 radical (unpaired) electrons. The van der Waals surface area contributed by atoms with Crippen LogP contribution in [0.3, 0.4) is 0 Å². The Labute approximate surface area is 196 Å². The Balaban J connectivity index is 1.81. The molecular formula is C25H28N4O5. The van der Waals surface area contributed by atoms with E-state index in [1.54, 1.807) is 13.0 Å². The maximum Gasteiger partial charge on any atom is 0.339 e. The summed E-state index contributed by atoms with van der Waals surface area (Å²) in [6, 6.07) is 5.46. The van der Waals surface area contributed by atoms with Crippen molar-refractivity contribution in [3.05, 3.63) is 67.0 Å². The Morgan fingerprint density at radius 1 is 1.12 bits per heavy atom. The minimum atomic E-state index is -0.747. The molecule has 1 aliphatic carbocycles. The van der Waals surface area contributed by atoms with Gasteiger partial charge in [0.1, 0.15) is 12.2 Å². The second-order valence-electron chi connectivity index (χ2n) is 8.84. The van der Waals surface area contributed by atoms with Crippen molar-refractivity contribution in [3.63, 3.8) is 0 Å². The van der Waals surface area contributed by atoms with Gasteiger partial charge in [0.15, 0.2) is 0 Å². The lowest BCUT2D eigenvalue weighted by Gasteiger charge is -2.15. The van der Waals surface area contributed by atoms with Gasteiger partial charge in [-0.15, -0.1) is 0 Å². The highest BCUT2D eigenvalue weighted by atomic mass is 16.5. The van der Waals surface area contributed by atoms with Crippen LogP contribution in [0.4, 0.5) is 5.69 Å². The molecule has 1 aliphatic rings. The molecule has 2 heterocycles. The van der Waals surface area contributed by atoms with Crippen molar-refractivity contribution in [2.75, 3.05) is 11.9 Å². The zero-order chi connectivity index (χ0) is 24.7. The van der Waals surface area contributed by atoms with Crippen LogP contribution in [0.2, 0.25) is 0 Å². The molecule has 1 fully saturated rings. The topological polar surface area (TPSA) is 112 Å². The molecule has 0 aliphatic heterocycles. The highest BCUT2D eigenvalue weighted by Gasteiger charge is 2.29. The van der Waals surface area contributed by atoms with Crippen LogP contribution in [0.25, 0.3) is 11.0 Å². The third-order valence-electron chi connectivity index (χ3n) is 6.05. The number of esters is 1. The number of amides is 1. The Hall–Kier alpha value is -3.75. The maximum atomic E-state index is 13.4. The second-order valence-corrected chi connectivity index (χ2v) is 8.84. The van der Waals surface area contributed by atoms with Crippen LogP contribution >= 0.6 is 0 Å². The summed E-state index contributed by atoms with van der Waals surface area (Å²) in [4.78, 5) is 56.6. The summed E-state index contributed by atoms with van der Waals surface area (Å²) in [6.07, 6.45) is 1.87. The fourth-order valence-corrected chi connectivity index (χ4v) is 4.30. The number of rotatable bonds is 6. The number of pyridine rings is 1. The van der Waals surface area contributed by atoms with E-state index in [2.05, 4.69) is 10.3 Å². The molecule has 1 aromatic carbocycles. The van der Waals surface area contributed by atoms with E-state index in [0.717, 1.165) is 34.1 Å². The molecule has 9 nitrogen and oxygen atoms in total. The van der Waals surface area contributed by atoms with Crippen LogP contribution in [-0.4, -0.2) is 32.6 Å². The van der Waals surface area contributed by atoms with Crippen molar-refractivity contribution >= 4 is 28.6 Å². The average Bonchev–Trinajstić information content (AvgIpc) is 3.62. The smallest absolute Gasteiger partial charge is 0.339 e. The quantitative estimate of drug-likeness (QED) is 0.562. The first-order valence-electron chi connectivity index (χ1n) is 11.3. The monoisotopic (exact) mass is 464 g/mol. The first-order valence-corrected chi connectivity index (χ1v) is 11.3. The zero-order valence-electron chi connectivity index (χ0n) is 20.0. The van der Waals surface area contributed by atoms with E-state index in [9.17, 15) is 19.2 Å². The van der Waals surface area contributed by atoms with Crippen LogP contribution in [0.15, 0.2) is 27.8 Å². The zero-order valence-corrected chi connectivity index (χ0v) is 20.0. The Morgan fingerprint density at radius 2 is 1.76 bits per heavy atom. The van der Waals surface area contributed by atoms with Crippen LogP contribution in [0.1, 0.15) is 58.4 Å². The number of benzene rings is 1. The lowest BCUT2D eigenvalue weighted by atomic mass is 10.1. The lowest BCUT2D eigenvalue weighted by Crippen LogP contribution is -2.42. The molecule has 0 bridgehead atoms. The number of carbonyl (C=O) groups excluding carboxylic acids is 2. The van der Waals surface area contributed by atoms with E-state index in [1.165, 1.54) is 11.6 Å². The number of ether oxygens (including phenoxy) is 1. The second kappa shape index (κ2) is 8.89. The molecule has 2 aromatic heterocycles. The van der Waals surface area contributed by atoms with Crippen LogP contribution in [0.5, 0.6) is 0 Å². The molecular weight excluding hydrogens is 436 g/mol. The number of aromatic nitrogens is 3. The summed E-state index contributed by atoms with van der Waals surface area (Å²) in [5, 5.41) is 2.78. The first kappa shape index (κ1) is 23.4. The first-order chi connectivity index (χ1) is 16.1. The summed E-state index contributed by atoms with van der Waals surface area (Å²) in [6.45, 7) is 7.04. The summed E-state index contributed by atoms with van der Waals surface area (Å²) < 4.78 is 7.21. The van der Waals surface area contributed by atoms with Gasteiger partial charge in [-0.25, -0.2) is 14.6 Å². The minimum absolute atomic E-state index is 0.0274. The molecule has 0 unspecified atom stereocenters. The number of hydrogen-bond donors (Lipinski definition) is 1. The van der Waals surface area contributed by atoms with Gasteiger partial charge < -0.3 is 10.1 Å². The number of carbonyl (C=O) groups is 2. The Bertz CT molecular complexity index is 1420. The van der Waals surface area contributed by atoms with Crippen LogP contribution < -0.4 is 16.6 Å². The van der Waals surface area contributed by atoms with Gasteiger partial charge in [-0.05, 0) is 57.7 Å². The fraction of sp³-hybridized carbons (Fsp3) is 0.400. The molecule has 0 saturated heterocycles. The van der Waals surface area contributed by atoms with E-state index >= 15 is 0 Å². The molecule has 3 aromatic rings. The highest BCUT2D eigenvalue weighted by Crippen LogP contribution is 2.40. The molecule has 1 saturated carbocycles. The lowest BCUT2D eigenvalue weighted by molar-refractivity contribution is -0.116. The highest BCUT2D eigenvalue weighted by molar-refractivity contribution is 6.02. The van der Waals surface area contributed by atoms with E-state index in [0.29, 0.717) is 11.4 Å². The number of aryl methyl sites for hydroxylation is 4. The molecule has 9 heteroatoms. The van der Waals surface area contributed by atoms with E-state index in [1.807, 2.05) is 32.9 Å². The third kappa shape index (κ3) is 4.25. The van der Waals surface area contributed by atoms with Gasteiger partial charge in [-0.1, -0.05) is 17.7 Å². The van der Waals surface area contributed by atoms with Gasteiger partial charge in [0.05, 0.1) is 17.6 Å². The number of anilines is 1. The van der Waals surface area contributed by atoms with Gasteiger partial charge in [-0.3, -0.25) is 18.7 Å². The van der Waals surface area contributed by atoms with E-state index < -0.39 is 29.7 Å². The van der Waals surface area contributed by atoms with Crippen molar-refractivity contribution < 1.29 is 14.3 Å². The summed E-state index contributed by atoms with van der Waals surface area (Å²) >= 11 is 0. The van der Waals surface area contributed by atoms with Crippen molar-refractivity contribution in [3.8, 4) is 0 Å². The molecule has 1 amide bonds. The van der Waals surface area contributed by atoms with Crippen molar-refractivity contribution in [2.45, 2.75) is 53.0 Å². The van der Waals surface area contributed by atoms with Crippen molar-refractivity contribution in [1.29, 1.82) is 0 Å². The number of nitrogens with zero attached hydrogens (tertiary/aromatic N) is 3. The van der Waals surface area contributed by atoms with Gasteiger partial charge in [0, 0.05) is 24.3 Å². The Kier molecular flexibility index (Phi) is 6.12. The molecule has 0 atom stereocenters. The SMILES string of the molecule is CCOC(=O)c1cc(C2CC2)nc2c1c(=O)n(CC(=O)Nc1c(C)cc(C)cc1C)c(=O)n2C. The third-order valence-corrected chi connectivity index (χ3v) is 6.05. The van der Waals surface area contributed by atoms with E-state index in [4.69, 9.17) is 4.74 Å². The number of hydrogen-bond acceptors (Lipinski definition) is 6. The predicted molar refractivity (Wildman–Crippen MR) is 128 cm³/mol. The van der Waals surface area contributed by atoms with Crippen molar-refractivity contribution in [2.24, 2.45) is 7.05 Å². The maximum absolute atomic E-state index is 13.4. The summed E-state index contributed by atoms with van der Waals surface area (Å²) in [5.41, 5.74) is 2.88. The van der Waals surface area contributed by atoms with Gasteiger partial charge in [0.2, 0.25) is 5.91 Å². The predicted octanol–water partition coefficient (Wildman–Crippen LogP) is 2.71. The number of nitrogens with one attached hydrogen (secondary N) is 1. The number of fused-ring (bicyclic) bond motifs is 1. The van der Waals surface area contributed by atoms with Crippen LogP contribution in [-0.2, 0) is 23.1 Å². The molecule has 4 rings (SSSR count). The van der Waals surface area contributed by atoms with E-state index in [-0.39, 0.29) is 29.1 Å².